The van der Waals surface area contributed by atoms with Gasteiger partial charge in [-0.1, -0.05) is 133 Å². The van der Waals surface area contributed by atoms with E-state index in [9.17, 15) is 0 Å². The number of fused-ring (bicyclic) bond motifs is 5. The van der Waals surface area contributed by atoms with Crippen LogP contribution in [0.15, 0.2) is 170 Å². The zero-order valence-corrected chi connectivity index (χ0v) is 27.4. The van der Waals surface area contributed by atoms with Crippen molar-refractivity contribution in [2.24, 2.45) is 0 Å². The van der Waals surface area contributed by atoms with Crippen molar-refractivity contribution in [2.75, 3.05) is 11.9 Å². The van der Waals surface area contributed by atoms with Crippen LogP contribution in [0.3, 0.4) is 0 Å². The summed E-state index contributed by atoms with van der Waals surface area (Å²) in [7, 11) is 0. The Morgan fingerprint density at radius 2 is 0.980 bits per heavy atom. The van der Waals surface area contributed by atoms with Crippen LogP contribution in [-0.4, -0.2) is 11.5 Å². The van der Waals surface area contributed by atoms with Crippen molar-refractivity contribution in [1.29, 1.82) is 0 Å². The molecule has 0 fully saturated rings. The third-order valence-corrected chi connectivity index (χ3v) is 10.3. The van der Waals surface area contributed by atoms with E-state index >= 15 is 0 Å². The van der Waals surface area contributed by atoms with E-state index < -0.39 is 0 Å². The maximum Gasteiger partial charge on any atom is 0.0680 e. The maximum atomic E-state index is 4.98. The van der Waals surface area contributed by atoms with E-state index in [4.69, 9.17) is 4.98 Å². The lowest BCUT2D eigenvalue weighted by Crippen LogP contribution is -2.10. The molecular formula is C48H32N2. The smallest absolute Gasteiger partial charge is 0.0680 e. The molecule has 0 unspecified atom stereocenters. The van der Waals surface area contributed by atoms with Gasteiger partial charge in [-0.25, -0.2) is 0 Å². The minimum atomic E-state index is 0.763. The van der Waals surface area contributed by atoms with E-state index in [0.29, 0.717) is 0 Å². The second-order valence-electron chi connectivity index (χ2n) is 13.2. The molecule has 0 atom stereocenters. The Balaban J connectivity index is 1.19. The number of aromatic nitrogens is 1. The molecule has 10 rings (SSSR count). The van der Waals surface area contributed by atoms with Crippen LogP contribution in [0.5, 0.6) is 0 Å². The van der Waals surface area contributed by atoms with Gasteiger partial charge < -0.3 is 5.32 Å². The number of hydrogen-bond acceptors (Lipinski definition) is 2. The summed E-state index contributed by atoms with van der Waals surface area (Å²) in [6.07, 6.45) is 4.28. The first kappa shape index (κ1) is 28.5. The zero-order valence-electron chi connectivity index (χ0n) is 27.4. The molecule has 234 valence electrons. The SMILES string of the molecule is C1=C(c2ccc(-c3ccc4c(-c5ccc6ccccc6c5)c5ccccc5c(-c5ccc6ccccc6c5)c4c3)cn2)CNc2ccccc21. The number of nitrogens with one attached hydrogen (secondary N) is 1. The molecule has 1 aliphatic heterocycles. The number of rotatable bonds is 4. The van der Waals surface area contributed by atoms with Crippen LogP contribution in [0.4, 0.5) is 5.69 Å². The molecule has 8 aromatic carbocycles. The summed E-state index contributed by atoms with van der Waals surface area (Å²) >= 11 is 0. The summed E-state index contributed by atoms with van der Waals surface area (Å²) < 4.78 is 0. The summed E-state index contributed by atoms with van der Waals surface area (Å²) in [6.45, 7) is 0.763. The molecule has 9 aromatic rings. The minimum absolute atomic E-state index is 0.763. The van der Waals surface area contributed by atoms with E-state index in [1.807, 2.05) is 6.20 Å². The van der Waals surface area contributed by atoms with Crippen LogP contribution >= 0.6 is 0 Å². The van der Waals surface area contributed by atoms with Gasteiger partial charge in [-0.05, 0) is 118 Å². The Kier molecular flexibility index (Phi) is 6.60. The first-order valence-corrected chi connectivity index (χ1v) is 17.2. The highest BCUT2D eigenvalue weighted by molar-refractivity contribution is 6.22. The number of nitrogens with zero attached hydrogens (tertiary/aromatic N) is 1. The van der Waals surface area contributed by atoms with Gasteiger partial charge in [-0.15, -0.1) is 0 Å². The van der Waals surface area contributed by atoms with Crippen LogP contribution in [-0.2, 0) is 0 Å². The predicted octanol–water partition coefficient (Wildman–Crippen LogP) is 12.7. The second-order valence-corrected chi connectivity index (χ2v) is 13.2. The number of hydrogen-bond donors (Lipinski definition) is 1. The predicted molar refractivity (Wildman–Crippen MR) is 213 cm³/mol. The molecule has 1 N–H and O–H groups in total. The molecule has 1 aliphatic rings. The van der Waals surface area contributed by atoms with Gasteiger partial charge in [-0.2, -0.15) is 0 Å². The van der Waals surface area contributed by atoms with Crippen LogP contribution in [0.2, 0.25) is 0 Å². The Bertz CT molecular complexity index is 2810. The van der Waals surface area contributed by atoms with Crippen molar-refractivity contribution >= 4 is 60.4 Å². The first-order valence-electron chi connectivity index (χ1n) is 17.2. The van der Waals surface area contributed by atoms with Crippen LogP contribution < -0.4 is 5.32 Å². The molecule has 0 saturated heterocycles. The van der Waals surface area contributed by atoms with Gasteiger partial charge in [0.2, 0.25) is 0 Å². The Labute approximate surface area is 291 Å². The van der Waals surface area contributed by atoms with Gasteiger partial charge in [0, 0.05) is 24.0 Å². The van der Waals surface area contributed by atoms with Crippen molar-refractivity contribution in [3.05, 3.63) is 181 Å². The fourth-order valence-corrected chi connectivity index (χ4v) is 7.80. The normalized spacial score (nSPS) is 12.6. The average Bonchev–Trinajstić information content (AvgIpc) is 3.19. The average molecular weight is 637 g/mol. The van der Waals surface area contributed by atoms with E-state index in [1.165, 1.54) is 82.2 Å². The molecule has 2 heteroatoms. The second kappa shape index (κ2) is 11.6. The molecule has 0 saturated carbocycles. The van der Waals surface area contributed by atoms with Gasteiger partial charge in [-0.3, -0.25) is 4.98 Å². The van der Waals surface area contributed by atoms with Gasteiger partial charge in [0.15, 0.2) is 0 Å². The quantitative estimate of drug-likeness (QED) is 0.194. The van der Waals surface area contributed by atoms with Crippen molar-refractivity contribution < 1.29 is 0 Å². The summed E-state index contributed by atoms with van der Waals surface area (Å²) in [5, 5.41) is 13.5. The lowest BCUT2D eigenvalue weighted by atomic mass is 9.84. The summed E-state index contributed by atoms with van der Waals surface area (Å²) in [5.41, 5.74) is 11.8. The maximum absolute atomic E-state index is 4.98. The van der Waals surface area contributed by atoms with Crippen LogP contribution in [0.25, 0.3) is 88.1 Å². The lowest BCUT2D eigenvalue weighted by molar-refractivity contribution is 1.22. The molecule has 0 spiro atoms. The van der Waals surface area contributed by atoms with Crippen molar-refractivity contribution in [3.8, 4) is 33.4 Å². The Hall–Kier alpha value is -6.51. The topological polar surface area (TPSA) is 24.9 Å². The highest BCUT2D eigenvalue weighted by Gasteiger charge is 2.19. The van der Waals surface area contributed by atoms with Gasteiger partial charge >= 0.3 is 0 Å². The molecule has 50 heavy (non-hydrogen) atoms. The number of pyridine rings is 1. The van der Waals surface area contributed by atoms with E-state index in [2.05, 4.69) is 175 Å². The van der Waals surface area contributed by atoms with Crippen LogP contribution in [0.1, 0.15) is 11.3 Å². The zero-order chi connectivity index (χ0) is 33.0. The molecule has 0 aliphatic carbocycles. The molecule has 1 aromatic heterocycles. The highest BCUT2D eigenvalue weighted by Crippen LogP contribution is 2.45. The molecule has 0 amide bonds. The fraction of sp³-hybridized carbons (Fsp3) is 0.0208. The Morgan fingerprint density at radius 1 is 0.420 bits per heavy atom. The number of benzene rings is 8. The van der Waals surface area contributed by atoms with Gasteiger partial charge in [0.1, 0.15) is 0 Å². The number of anilines is 1. The molecular weight excluding hydrogens is 605 g/mol. The highest BCUT2D eigenvalue weighted by atomic mass is 14.9. The molecule has 0 radical (unpaired) electrons. The first-order chi connectivity index (χ1) is 24.8. The monoisotopic (exact) mass is 636 g/mol. The van der Waals surface area contributed by atoms with Gasteiger partial charge in [0.25, 0.3) is 0 Å². The summed E-state index contributed by atoms with van der Waals surface area (Å²) in [5.74, 6) is 0. The summed E-state index contributed by atoms with van der Waals surface area (Å²) in [6, 6.07) is 59.7. The third kappa shape index (κ3) is 4.76. The van der Waals surface area contributed by atoms with Crippen molar-refractivity contribution in [3.63, 3.8) is 0 Å². The van der Waals surface area contributed by atoms with Crippen molar-refractivity contribution in [1.82, 2.24) is 4.98 Å². The van der Waals surface area contributed by atoms with E-state index in [0.717, 1.165) is 23.4 Å². The standard InChI is InChI=1S/C48H32N2/c1-3-11-33-25-37(19-17-31(33)9-1)47-41-14-6-7-15-42(41)48(38-20-18-32-10-2-4-12-34(32)26-38)44-28-35(21-23-43(44)47)39-22-24-46(49-29-39)40-27-36-13-5-8-16-45(36)50-30-40/h1-29,50H,30H2. The van der Waals surface area contributed by atoms with Crippen molar-refractivity contribution in [2.45, 2.75) is 0 Å². The van der Waals surface area contributed by atoms with Gasteiger partial charge in [0.05, 0.1) is 5.69 Å². The third-order valence-electron chi connectivity index (χ3n) is 10.3. The lowest BCUT2D eigenvalue weighted by Gasteiger charge is -2.20. The summed E-state index contributed by atoms with van der Waals surface area (Å²) in [4.78, 5) is 4.98. The van der Waals surface area contributed by atoms with E-state index in [1.54, 1.807) is 0 Å². The van der Waals surface area contributed by atoms with E-state index in [-0.39, 0.29) is 0 Å². The molecule has 2 nitrogen and oxygen atoms in total. The Morgan fingerprint density at radius 3 is 1.66 bits per heavy atom. The fourth-order valence-electron chi connectivity index (χ4n) is 7.80. The molecule has 0 bridgehead atoms. The number of para-hydroxylation sites is 1. The van der Waals surface area contributed by atoms with Crippen LogP contribution in [0, 0.1) is 0 Å². The molecule has 2 heterocycles. The largest absolute Gasteiger partial charge is 0.380 e. The minimum Gasteiger partial charge on any atom is -0.380 e.